The number of carbonyl (C=O) groups excluding carboxylic acids is 1. The molecule has 6 heteroatoms. The molecule has 6 nitrogen and oxygen atoms in total. The van der Waals surface area contributed by atoms with Crippen LogP contribution in [0, 0.1) is 0 Å². The summed E-state index contributed by atoms with van der Waals surface area (Å²) in [6.07, 6.45) is 5.62. The Balaban J connectivity index is 1.55. The number of rotatable bonds is 7. The van der Waals surface area contributed by atoms with E-state index in [1.807, 2.05) is 74.8 Å². The summed E-state index contributed by atoms with van der Waals surface area (Å²) in [4.78, 5) is 23.3. The van der Waals surface area contributed by atoms with E-state index in [1.165, 1.54) is 12.0 Å². The molecule has 1 aromatic heterocycles. The summed E-state index contributed by atoms with van der Waals surface area (Å²) in [7, 11) is 4.09. The highest BCUT2D eigenvalue weighted by Gasteiger charge is 2.21. The van der Waals surface area contributed by atoms with E-state index in [2.05, 4.69) is 27.3 Å². The number of aromatic amines is 1. The van der Waals surface area contributed by atoms with Crippen LogP contribution in [0.25, 0.3) is 10.9 Å². The molecule has 5 rings (SSSR count). The van der Waals surface area contributed by atoms with Crippen LogP contribution in [-0.2, 0) is 6.54 Å². The molecule has 0 aliphatic heterocycles. The van der Waals surface area contributed by atoms with Gasteiger partial charge >= 0.3 is 0 Å². The Hall–Kier alpha value is -3.90. The predicted octanol–water partition coefficient (Wildman–Crippen LogP) is 6.17. The minimum atomic E-state index is -0.0740. The summed E-state index contributed by atoms with van der Waals surface area (Å²) >= 11 is 0. The number of hydrogen-bond acceptors (Lipinski definition) is 4. The number of aliphatic imine (C=N–C) groups is 1. The molecule has 0 spiro atoms. The third-order valence-electron chi connectivity index (χ3n) is 6.94. The molecule has 190 valence electrons. The quantitative estimate of drug-likeness (QED) is 0.269. The van der Waals surface area contributed by atoms with Gasteiger partial charge in [0.25, 0.3) is 5.91 Å². The molecule has 0 atom stereocenters. The molecule has 1 saturated carbocycles. The van der Waals surface area contributed by atoms with E-state index in [0.29, 0.717) is 16.8 Å². The van der Waals surface area contributed by atoms with E-state index in [4.69, 9.17) is 4.99 Å². The van der Waals surface area contributed by atoms with Gasteiger partial charge in [-0.3, -0.25) is 4.79 Å². The molecule has 1 heterocycles. The van der Waals surface area contributed by atoms with Crippen molar-refractivity contribution in [1.29, 1.82) is 0 Å². The number of aromatic nitrogens is 1. The molecule has 1 aliphatic rings. The van der Waals surface area contributed by atoms with Gasteiger partial charge in [-0.05, 0) is 62.8 Å². The molecule has 3 aromatic carbocycles. The lowest BCUT2D eigenvalue weighted by Gasteiger charge is -2.22. The standard InChI is InChI=1S/C31H34N4O2/c1-35(2)20-21-13-16-25(17-14-21)32-29(22-9-5-3-6-10-22)28-26-19-23(15-18-27(26)34-31(28)37)30(36)33-24-11-7-4-8-12-24/h3,5-6,9-10,13-19,24,34,37H,4,7-8,11-12,20H2,1-2H3,(H,33,36). The summed E-state index contributed by atoms with van der Waals surface area (Å²) < 4.78 is 0. The second-order valence-corrected chi connectivity index (χ2v) is 10.1. The van der Waals surface area contributed by atoms with Crippen LogP contribution in [0.1, 0.15) is 59.2 Å². The number of nitrogens with one attached hydrogen (secondary N) is 2. The van der Waals surface area contributed by atoms with Gasteiger partial charge < -0.3 is 20.3 Å². The molecule has 37 heavy (non-hydrogen) atoms. The van der Waals surface area contributed by atoms with E-state index in [-0.39, 0.29) is 17.8 Å². The summed E-state index contributed by atoms with van der Waals surface area (Å²) in [5, 5.41) is 15.0. The van der Waals surface area contributed by atoms with Crippen molar-refractivity contribution in [2.75, 3.05) is 14.1 Å². The zero-order valence-electron chi connectivity index (χ0n) is 21.5. The topological polar surface area (TPSA) is 80.7 Å². The lowest BCUT2D eigenvalue weighted by Crippen LogP contribution is -2.36. The van der Waals surface area contributed by atoms with E-state index < -0.39 is 0 Å². The van der Waals surface area contributed by atoms with Gasteiger partial charge in [-0.2, -0.15) is 0 Å². The van der Waals surface area contributed by atoms with Crippen molar-refractivity contribution in [2.24, 2.45) is 4.99 Å². The number of carbonyl (C=O) groups is 1. The van der Waals surface area contributed by atoms with Crippen LogP contribution in [0.2, 0.25) is 0 Å². The highest BCUT2D eigenvalue weighted by atomic mass is 16.3. The van der Waals surface area contributed by atoms with Crippen LogP contribution in [-0.4, -0.2) is 46.7 Å². The van der Waals surface area contributed by atoms with E-state index >= 15 is 0 Å². The Morgan fingerprint density at radius 1 is 0.973 bits per heavy atom. The fourth-order valence-corrected chi connectivity index (χ4v) is 5.11. The lowest BCUT2D eigenvalue weighted by molar-refractivity contribution is 0.0928. The fraction of sp³-hybridized carbons (Fsp3) is 0.290. The molecule has 1 fully saturated rings. The van der Waals surface area contributed by atoms with Crippen LogP contribution < -0.4 is 5.32 Å². The SMILES string of the molecule is CN(C)Cc1ccc(N=C(c2ccccc2)c2c(O)[nH]c3ccc(C(=O)NC4CCCCC4)cc23)cc1. The second-order valence-electron chi connectivity index (χ2n) is 10.1. The molecule has 0 bridgehead atoms. The molecule has 0 unspecified atom stereocenters. The number of amides is 1. The van der Waals surface area contributed by atoms with Crippen molar-refractivity contribution < 1.29 is 9.90 Å². The zero-order valence-corrected chi connectivity index (χ0v) is 21.5. The lowest BCUT2D eigenvalue weighted by atomic mass is 9.95. The number of nitrogens with zero attached hydrogens (tertiary/aromatic N) is 2. The highest BCUT2D eigenvalue weighted by Crippen LogP contribution is 2.32. The van der Waals surface area contributed by atoms with Gasteiger partial charge in [0.05, 0.1) is 17.0 Å². The molecule has 0 saturated heterocycles. The maximum absolute atomic E-state index is 13.1. The summed E-state index contributed by atoms with van der Waals surface area (Å²) in [6.45, 7) is 0.852. The smallest absolute Gasteiger partial charge is 0.251 e. The minimum Gasteiger partial charge on any atom is -0.494 e. The third kappa shape index (κ3) is 5.75. The van der Waals surface area contributed by atoms with E-state index in [1.54, 1.807) is 0 Å². The first-order valence-electron chi connectivity index (χ1n) is 13.0. The van der Waals surface area contributed by atoms with Crippen LogP contribution in [0.5, 0.6) is 5.88 Å². The minimum absolute atomic E-state index is 0.0340. The maximum Gasteiger partial charge on any atom is 0.251 e. The molecule has 1 aliphatic carbocycles. The van der Waals surface area contributed by atoms with Gasteiger partial charge in [-0.1, -0.05) is 61.7 Å². The van der Waals surface area contributed by atoms with Crippen molar-refractivity contribution >= 4 is 28.2 Å². The average molecular weight is 495 g/mol. The largest absolute Gasteiger partial charge is 0.494 e. The van der Waals surface area contributed by atoms with Gasteiger partial charge in [0.2, 0.25) is 0 Å². The first kappa shape index (κ1) is 24.8. The van der Waals surface area contributed by atoms with Gasteiger partial charge in [0, 0.05) is 34.6 Å². The third-order valence-corrected chi connectivity index (χ3v) is 6.94. The average Bonchev–Trinajstić information content (AvgIpc) is 3.23. The summed E-state index contributed by atoms with van der Waals surface area (Å²) in [6, 6.07) is 23.7. The second kappa shape index (κ2) is 11.0. The first-order chi connectivity index (χ1) is 18.0. The van der Waals surface area contributed by atoms with Crippen molar-refractivity contribution in [3.63, 3.8) is 0 Å². The van der Waals surface area contributed by atoms with Crippen LogP contribution in [0.3, 0.4) is 0 Å². The number of fused-ring (bicyclic) bond motifs is 1. The van der Waals surface area contributed by atoms with Gasteiger partial charge in [-0.25, -0.2) is 4.99 Å². The monoisotopic (exact) mass is 494 g/mol. The molecule has 0 radical (unpaired) electrons. The van der Waals surface area contributed by atoms with Crippen molar-refractivity contribution in [3.05, 3.63) is 95.1 Å². The molecular weight excluding hydrogens is 460 g/mol. The number of H-pyrrole nitrogens is 1. The number of benzene rings is 3. The number of aromatic hydroxyl groups is 1. The number of hydrogen-bond donors (Lipinski definition) is 3. The Bertz CT molecular complexity index is 1400. The Kier molecular flexibility index (Phi) is 7.37. The highest BCUT2D eigenvalue weighted by molar-refractivity contribution is 6.22. The summed E-state index contributed by atoms with van der Waals surface area (Å²) in [5.41, 5.74) is 5.45. The van der Waals surface area contributed by atoms with E-state index in [9.17, 15) is 9.90 Å². The molecular formula is C31H34N4O2. The van der Waals surface area contributed by atoms with Crippen molar-refractivity contribution in [2.45, 2.75) is 44.7 Å². The van der Waals surface area contributed by atoms with Crippen molar-refractivity contribution in [3.8, 4) is 5.88 Å². The van der Waals surface area contributed by atoms with Gasteiger partial charge in [0.1, 0.15) is 0 Å². The fourth-order valence-electron chi connectivity index (χ4n) is 5.11. The molecule has 3 N–H and O–H groups in total. The van der Waals surface area contributed by atoms with E-state index in [0.717, 1.165) is 54.4 Å². The molecule has 1 amide bonds. The Morgan fingerprint density at radius 3 is 2.41 bits per heavy atom. The Labute approximate surface area is 218 Å². The summed E-state index contributed by atoms with van der Waals surface area (Å²) in [5.74, 6) is -0.0400. The van der Waals surface area contributed by atoms with Crippen molar-refractivity contribution in [1.82, 2.24) is 15.2 Å². The van der Waals surface area contributed by atoms with Crippen LogP contribution >= 0.6 is 0 Å². The van der Waals surface area contributed by atoms with Gasteiger partial charge in [0.15, 0.2) is 5.88 Å². The van der Waals surface area contributed by atoms with Gasteiger partial charge in [-0.15, -0.1) is 0 Å². The maximum atomic E-state index is 13.1. The van der Waals surface area contributed by atoms with Crippen LogP contribution in [0.15, 0.2) is 77.8 Å². The molecule has 4 aromatic rings. The van der Waals surface area contributed by atoms with Crippen LogP contribution in [0.4, 0.5) is 5.69 Å². The predicted molar refractivity (Wildman–Crippen MR) is 150 cm³/mol. The Morgan fingerprint density at radius 2 is 1.70 bits per heavy atom. The zero-order chi connectivity index (χ0) is 25.8. The normalized spacial score (nSPS) is 14.8. The first-order valence-corrected chi connectivity index (χ1v) is 13.0.